The maximum absolute atomic E-state index is 12.1. The lowest BCUT2D eigenvalue weighted by molar-refractivity contribution is -0.119. The second-order valence-corrected chi connectivity index (χ2v) is 3.31. The maximum Gasteiger partial charge on any atom is 0.448 e. The molecule has 0 aliphatic heterocycles. The average Bonchev–Trinajstić information content (AvgIpc) is 2.17. The largest absolute Gasteiger partial charge is 0.453 e. The molecule has 1 rings (SSSR count). The quantitative estimate of drug-likeness (QED) is 0.709. The highest BCUT2D eigenvalue weighted by atomic mass is 19.4. The molecule has 0 aliphatic rings. The number of aryl methyl sites for hydroxylation is 1. The molecule has 0 fully saturated rings. The van der Waals surface area contributed by atoms with Gasteiger partial charge in [-0.05, 0) is 6.92 Å². The molecule has 0 aromatic heterocycles. The van der Waals surface area contributed by atoms with Crippen LogP contribution in [0.15, 0.2) is 43.2 Å². The molecule has 86 valence electrons. The van der Waals surface area contributed by atoms with E-state index < -0.39 is 11.9 Å². The number of halogens is 3. The van der Waals surface area contributed by atoms with Crippen molar-refractivity contribution in [1.29, 1.82) is 0 Å². The summed E-state index contributed by atoms with van der Waals surface area (Å²) in [5.41, 5.74) is 1.50. The van der Waals surface area contributed by atoms with Crippen molar-refractivity contribution in [2.45, 2.75) is 13.1 Å². The van der Waals surface area contributed by atoms with Crippen LogP contribution in [0.5, 0.6) is 0 Å². The number of hydrogen-bond acceptors (Lipinski definition) is 1. The molecular weight excluding hydrogens is 217 g/mol. The molecule has 0 radical (unpaired) electrons. The van der Waals surface area contributed by atoms with E-state index in [9.17, 15) is 13.2 Å². The van der Waals surface area contributed by atoms with Gasteiger partial charge in [0.25, 0.3) is 0 Å². The molecule has 0 saturated heterocycles. The Bertz CT molecular complexity index is 401. The van der Waals surface area contributed by atoms with Crippen LogP contribution in [0, 0.1) is 6.92 Å². The third kappa shape index (κ3) is 3.15. The summed E-state index contributed by atoms with van der Waals surface area (Å²) in [6.45, 7) is 8.10. The minimum Gasteiger partial charge on any atom is -0.453 e. The monoisotopic (exact) mass is 228 g/mol. The average molecular weight is 228 g/mol. The Morgan fingerprint density at radius 1 is 1.12 bits per heavy atom. The Labute approximate surface area is 91.9 Å². The lowest BCUT2D eigenvalue weighted by atomic mass is 10.1. The van der Waals surface area contributed by atoms with Crippen molar-refractivity contribution < 1.29 is 17.9 Å². The Hall–Kier alpha value is -1.71. The molecule has 0 atom stereocenters. The van der Waals surface area contributed by atoms with Gasteiger partial charge in [-0.15, -0.1) is 0 Å². The fourth-order valence-electron chi connectivity index (χ4n) is 1.00. The highest BCUT2D eigenvalue weighted by Gasteiger charge is 2.34. The number of rotatable bonds is 3. The summed E-state index contributed by atoms with van der Waals surface area (Å²) in [6.07, 6.45) is -4.56. The zero-order chi connectivity index (χ0) is 12.3. The van der Waals surface area contributed by atoms with Gasteiger partial charge in [-0.1, -0.05) is 43.0 Å². The summed E-state index contributed by atoms with van der Waals surface area (Å²) in [6, 6.07) is 6.81. The predicted octanol–water partition coefficient (Wildman–Crippen LogP) is 4.06. The predicted molar refractivity (Wildman–Crippen MR) is 56.5 cm³/mol. The van der Waals surface area contributed by atoms with Gasteiger partial charge >= 0.3 is 6.18 Å². The van der Waals surface area contributed by atoms with E-state index in [1.807, 2.05) is 6.92 Å². The normalized spacial score (nSPS) is 11.0. The Kier molecular flexibility index (Phi) is 3.42. The minimum absolute atomic E-state index is 0.0673. The van der Waals surface area contributed by atoms with Gasteiger partial charge in [0.1, 0.15) is 5.76 Å². The van der Waals surface area contributed by atoms with Gasteiger partial charge in [-0.3, -0.25) is 0 Å². The molecule has 0 aliphatic carbocycles. The van der Waals surface area contributed by atoms with Gasteiger partial charge in [0, 0.05) is 5.56 Å². The van der Waals surface area contributed by atoms with E-state index in [0.717, 1.165) is 5.56 Å². The lowest BCUT2D eigenvalue weighted by Crippen LogP contribution is -2.12. The molecule has 0 spiro atoms. The molecular formula is C12H11F3O. The van der Waals surface area contributed by atoms with Gasteiger partial charge < -0.3 is 4.74 Å². The highest BCUT2D eigenvalue weighted by Crippen LogP contribution is 2.29. The van der Waals surface area contributed by atoms with Gasteiger partial charge in [0.15, 0.2) is 0 Å². The van der Waals surface area contributed by atoms with E-state index in [1.165, 1.54) is 0 Å². The molecule has 0 bridgehead atoms. The Morgan fingerprint density at radius 2 is 1.62 bits per heavy atom. The molecule has 1 aromatic rings. The summed E-state index contributed by atoms with van der Waals surface area (Å²) >= 11 is 0. The molecule has 4 heteroatoms. The fraction of sp³-hybridized carbons (Fsp3) is 0.167. The summed E-state index contributed by atoms with van der Waals surface area (Å²) in [5.74, 6) is -1.33. The van der Waals surface area contributed by atoms with Crippen LogP contribution in [0.2, 0.25) is 0 Å². The van der Waals surface area contributed by atoms with Crippen LogP contribution in [-0.4, -0.2) is 6.18 Å². The van der Waals surface area contributed by atoms with Crippen LogP contribution in [0.1, 0.15) is 11.1 Å². The summed E-state index contributed by atoms with van der Waals surface area (Å²) < 4.78 is 40.9. The van der Waals surface area contributed by atoms with Crippen molar-refractivity contribution in [3.63, 3.8) is 0 Å². The number of alkyl halides is 3. The van der Waals surface area contributed by atoms with Crippen molar-refractivity contribution in [3.8, 4) is 0 Å². The van der Waals surface area contributed by atoms with E-state index in [2.05, 4.69) is 17.9 Å². The molecule has 0 N–H and O–H groups in total. The fourth-order valence-corrected chi connectivity index (χ4v) is 1.00. The van der Waals surface area contributed by atoms with Crippen molar-refractivity contribution in [1.82, 2.24) is 0 Å². The number of hydrogen-bond donors (Lipinski definition) is 0. The van der Waals surface area contributed by atoms with E-state index in [0.29, 0.717) is 5.56 Å². The molecule has 1 nitrogen and oxygen atoms in total. The second-order valence-electron chi connectivity index (χ2n) is 3.31. The van der Waals surface area contributed by atoms with Crippen molar-refractivity contribution >= 4 is 5.76 Å². The molecule has 0 amide bonds. The van der Waals surface area contributed by atoms with Crippen molar-refractivity contribution in [2.24, 2.45) is 0 Å². The standard InChI is InChI=1S/C12H11F3O/c1-8-4-6-11(7-5-8)9(2)16-10(3)12(13,14)15/h4-7H,2-3H2,1H3. The van der Waals surface area contributed by atoms with Gasteiger partial charge in [0.05, 0.1) is 0 Å². The van der Waals surface area contributed by atoms with Gasteiger partial charge in [-0.25, -0.2) is 0 Å². The summed E-state index contributed by atoms with van der Waals surface area (Å²) in [4.78, 5) is 0. The summed E-state index contributed by atoms with van der Waals surface area (Å²) in [5, 5.41) is 0. The first-order valence-corrected chi connectivity index (χ1v) is 4.50. The van der Waals surface area contributed by atoms with Crippen LogP contribution in [0.3, 0.4) is 0 Å². The highest BCUT2D eigenvalue weighted by molar-refractivity contribution is 5.58. The zero-order valence-electron chi connectivity index (χ0n) is 8.77. The number of allylic oxidation sites excluding steroid dienone is 1. The lowest BCUT2D eigenvalue weighted by Gasteiger charge is -2.13. The molecule has 0 saturated carbocycles. The van der Waals surface area contributed by atoms with Crippen LogP contribution >= 0.6 is 0 Å². The van der Waals surface area contributed by atoms with Crippen molar-refractivity contribution in [3.05, 3.63) is 54.3 Å². The van der Waals surface area contributed by atoms with Crippen molar-refractivity contribution in [2.75, 3.05) is 0 Å². The SMILES string of the molecule is C=C(OC(=C)C(F)(F)F)c1ccc(C)cc1. The first-order chi connectivity index (χ1) is 7.30. The Morgan fingerprint density at radius 3 is 2.06 bits per heavy atom. The molecule has 0 heterocycles. The van der Waals surface area contributed by atoms with Crippen LogP contribution in [-0.2, 0) is 4.74 Å². The van der Waals surface area contributed by atoms with E-state index in [-0.39, 0.29) is 5.76 Å². The topological polar surface area (TPSA) is 9.23 Å². The van der Waals surface area contributed by atoms with E-state index in [1.54, 1.807) is 24.3 Å². The smallest absolute Gasteiger partial charge is 0.448 e. The zero-order valence-corrected chi connectivity index (χ0v) is 8.77. The second kappa shape index (κ2) is 4.43. The third-order valence-corrected chi connectivity index (χ3v) is 1.94. The van der Waals surface area contributed by atoms with Gasteiger partial charge in [0.2, 0.25) is 5.76 Å². The van der Waals surface area contributed by atoms with E-state index >= 15 is 0 Å². The first-order valence-electron chi connectivity index (χ1n) is 4.50. The van der Waals surface area contributed by atoms with E-state index in [4.69, 9.17) is 0 Å². The maximum atomic E-state index is 12.1. The minimum atomic E-state index is -4.56. The first kappa shape index (κ1) is 12.4. The van der Waals surface area contributed by atoms with Crippen LogP contribution in [0.25, 0.3) is 5.76 Å². The molecule has 16 heavy (non-hydrogen) atoms. The number of ether oxygens (including phenoxy) is 1. The molecule has 0 unspecified atom stereocenters. The van der Waals surface area contributed by atoms with Crippen LogP contribution in [0.4, 0.5) is 13.2 Å². The molecule has 1 aromatic carbocycles. The van der Waals surface area contributed by atoms with Crippen LogP contribution < -0.4 is 0 Å². The summed E-state index contributed by atoms with van der Waals surface area (Å²) in [7, 11) is 0. The number of benzene rings is 1. The van der Waals surface area contributed by atoms with Gasteiger partial charge in [-0.2, -0.15) is 13.2 Å². The third-order valence-electron chi connectivity index (χ3n) is 1.94. The Balaban J connectivity index is 2.74.